The molecule has 0 saturated carbocycles. The summed E-state index contributed by atoms with van der Waals surface area (Å²) in [6, 6.07) is 1.79. The molecule has 1 heterocycles. The van der Waals surface area contributed by atoms with E-state index in [4.69, 9.17) is 33.0 Å². The molecule has 1 amide bonds. The summed E-state index contributed by atoms with van der Waals surface area (Å²) in [5.41, 5.74) is 0.335. The van der Waals surface area contributed by atoms with Crippen LogP contribution in [0.2, 0.25) is 8.67 Å². The van der Waals surface area contributed by atoms with Crippen LogP contribution in [0.1, 0.15) is 26.3 Å². The molecule has 0 aliphatic rings. The Hall–Kier alpha value is -0.490. The largest absolute Gasteiger partial charge is 0.444 e. The summed E-state index contributed by atoms with van der Waals surface area (Å²) in [5, 5.41) is 9.05. The first-order valence-electron chi connectivity index (χ1n) is 6.25. The van der Waals surface area contributed by atoms with Crippen molar-refractivity contribution in [3.8, 4) is 0 Å². The summed E-state index contributed by atoms with van der Waals surface area (Å²) < 4.78 is 6.54. The zero-order valence-electron chi connectivity index (χ0n) is 11.8. The van der Waals surface area contributed by atoms with Crippen LogP contribution in [-0.4, -0.2) is 41.4 Å². The number of halogens is 2. The van der Waals surface area contributed by atoms with Crippen LogP contribution >= 0.6 is 34.5 Å². The lowest BCUT2D eigenvalue weighted by atomic mass is 10.2. The van der Waals surface area contributed by atoms with Crippen molar-refractivity contribution in [1.29, 1.82) is 0 Å². The number of hydrogen-bond acceptors (Lipinski definition) is 4. The Morgan fingerprint density at radius 2 is 2.05 bits per heavy atom. The van der Waals surface area contributed by atoms with Gasteiger partial charge in [-0.25, -0.2) is 4.79 Å². The topological polar surface area (TPSA) is 49.8 Å². The first-order chi connectivity index (χ1) is 9.23. The van der Waals surface area contributed by atoms with Crippen LogP contribution in [0.4, 0.5) is 4.79 Å². The fourth-order valence-electron chi connectivity index (χ4n) is 1.54. The Balaban J connectivity index is 2.63. The van der Waals surface area contributed by atoms with Crippen molar-refractivity contribution in [3.05, 3.63) is 20.3 Å². The maximum Gasteiger partial charge on any atom is 0.410 e. The van der Waals surface area contributed by atoms with Gasteiger partial charge in [0.25, 0.3) is 0 Å². The van der Waals surface area contributed by atoms with E-state index >= 15 is 0 Å². The van der Waals surface area contributed by atoms with E-state index in [0.29, 0.717) is 21.6 Å². The molecular formula is C13H19Cl2NO3S. The molecular weight excluding hydrogens is 321 g/mol. The van der Waals surface area contributed by atoms with E-state index in [2.05, 4.69) is 0 Å². The molecule has 0 unspecified atom stereocenters. The molecule has 0 bridgehead atoms. The first-order valence-corrected chi connectivity index (χ1v) is 7.82. The van der Waals surface area contributed by atoms with Crippen molar-refractivity contribution in [2.24, 2.45) is 0 Å². The summed E-state index contributed by atoms with van der Waals surface area (Å²) in [6.07, 6.45) is 0.130. The molecule has 0 saturated heterocycles. The number of nitrogens with zero attached hydrogens (tertiary/aromatic N) is 1. The van der Waals surface area contributed by atoms with Gasteiger partial charge in [-0.05, 0) is 38.8 Å². The highest BCUT2D eigenvalue weighted by atomic mass is 35.5. The molecule has 4 nitrogen and oxygen atoms in total. The van der Waals surface area contributed by atoms with Crippen LogP contribution in [0.25, 0.3) is 0 Å². The van der Waals surface area contributed by atoms with E-state index in [1.54, 1.807) is 26.8 Å². The molecule has 1 aromatic heterocycles. The minimum absolute atomic E-state index is 0.114. The summed E-state index contributed by atoms with van der Waals surface area (Å²) in [5.74, 6) is 0. The summed E-state index contributed by atoms with van der Waals surface area (Å²) >= 11 is 13.2. The lowest BCUT2D eigenvalue weighted by Gasteiger charge is -2.26. The van der Waals surface area contributed by atoms with Gasteiger partial charge in [-0.3, -0.25) is 0 Å². The summed E-state index contributed by atoms with van der Waals surface area (Å²) in [6.45, 7) is 5.94. The summed E-state index contributed by atoms with van der Waals surface area (Å²) in [4.78, 5) is 13.5. The molecule has 0 aromatic carbocycles. The molecule has 0 aliphatic carbocycles. The van der Waals surface area contributed by atoms with E-state index in [-0.39, 0.29) is 13.2 Å². The first kappa shape index (κ1) is 17.6. The molecule has 0 fully saturated rings. The van der Waals surface area contributed by atoms with Gasteiger partial charge in [0.1, 0.15) is 5.60 Å². The SMILES string of the molecule is CC(C)(C)OC(=O)N(CCO)CCc1cc(Cl)sc1Cl. The number of carbonyl (C=O) groups is 1. The van der Waals surface area contributed by atoms with E-state index in [1.807, 2.05) is 0 Å². The van der Waals surface area contributed by atoms with E-state index < -0.39 is 11.7 Å². The Morgan fingerprint density at radius 1 is 1.40 bits per heavy atom. The fourth-order valence-corrected chi connectivity index (χ4v) is 3.09. The van der Waals surface area contributed by atoms with E-state index in [1.165, 1.54) is 16.2 Å². The van der Waals surface area contributed by atoms with E-state index in [9.17, 15) is 4.79 Å². The Morgan fingerprint density at radius 3 is 2.50 bits per heavy atom. The molecule has 0 spiro atoms. The molecule has 114 valence electrons. The van der Waals surface area contributed by atoms with Crippen LogP contribution in [0.15, 0.2) is 6.07 Å². The number of rotatable bonds is 5. The zero-order valence-corrected chi connectivity index (χ0v) is 14.1. The van der Waals surface area contributed by atoms with Gasteiger partial charge in [0.15, 0.2) is 0 Å². The van der Waals surface area contributed by atoms with Crippen molar-refractivity contribution in [1.82, 2.24) is 4.90 Å². The van der Waals surface area contributed by atoms with Gasteiger partial charge in [-0.1, -0.05) is 23.2 Å². The normalized spacial score (nSPS) is 11.5. The molecule has 1 N–H and O–H groups in total. The van der Waals surface area contributed by atoms with Crippen LogP contribution in [0.5, 0.6) is 0 Å². The Bertz CT molecular complexity index is 457. The molecule has 0 aliphatic heterocycles. The average molecular weight is 340 g/mol. The third-order valence-electron chi connectivity index (χ3n) is 2.40. The lowest BCUT2D eigenvalue weighted by Crippen LogP contribution is -2.39. The zero-order chi connectivity index (χ0) is 15.3. The van der Waals surface area contributed by atoms with Crippen LogP contribution in [-0.2, 0) is 11.2 Å². The second-order valence-electron chi connectivity index (χ2n) is 5.29. The standard InChI is InChI=1S/C13H19Cl2NO3S/c1-13(2,3)19-12(18)16(6-7-17)5-4-9-8-10(14)20-11(9)15/h8,17H,4-7H2,1-3H3. The number of carbonyl (C=O) groups excluding carboxylic acids is 1. The molecule has 7 heteroatoms. The molecule has 1 aromatic rings. The maximum absolute atomic E-state index is 12.0. The second-order valence-corrected chi connectivity index (χ2v) is 7.58. The van der Waals surface area contributed by atoms with E-state index in [0.717, 1.165) is 5.56 Å². The minimum Gasteiger partial charge on any atom is -0.444 e. The predicted octanol–water partition coefficient (Wildman–Crippen LogP) is 3.83. The highest BCUT2D eigenvalue weighted by Crippen LogP contribution is 2.31. The third-order valence-corrected chi connectivity index (χ3v) is 3.97. The van der Waals surface area contributed by atoms with Crippen molar-refractivity contribution in [3.63, 3.8) is 0 Å². The van der Waals surface area contributed by atoms with Gasteiger partial charge >= 0.3 is 6.09 Å². The minimum atomic E-state index is -0.561. The summed E-state index contributed by atoms with van der Waals surface area (Å²) in [7, 11) is 0. The lowest BCUT2D eigenvalue weighted by molar-refractivity contribution is 0.0221. The van der Waals surface area contributed by atoms with Gasteiger partial charge < -0.3 is 14.7 Å². The average Bonchev–Trinajstić information content (AvgIpc) is 2.60. The Labute approximate surface area is 133 Å². The maximum atomic E-state index is 12.0. The molecule has 0 atom stereocenters. The molecule has 20 heavy (non-hydrogen) atoms. The van der Waals surface area contributed by atoms with Crippen LogP contribution < -0.4 is 0 Å². The van der Waals surface area contributed by atoms with Gasteiger partial charge in [-0.15, -0.1) is 11.3 Å². The van der Waals surface area contributed by atoms with Crippen molar-refractivity contribution < 1.29 is 14.6 Å². The van der Waals surface area contributed by atoms with Gasteiger partial charge in [0.2, 0.25) is 0 Å². The second kappa shape index (κ2) is 7.50. The molecule has 1 rings (SSSR count). The number of amides is 1. The third kappa shape index (κ3) is 5.87. The van der Waals surface area contributed by atoms with Crippen molar-refractivity contribution in [2.75, 3.05) is 19.7 Å². The number of thiophene rings is 1. The number of hydrogen-bond donors (Lipinski definition) is 1. The quantitative estimate of drug-likeness (QED) is 0.886. The van der Waals surface area contributed by atoms with Crippen molar-refractivity contribution in [2.45, 2.75) is 32.8 Å². The molecule has 0 radical (unpaired) electrons. The number of ether oxygens (including phenoxy) is 1. The number of aliphatic hydroxyl groups excluding tert-OH is 1. The smallest absolute Gasteiger partial charge is 0.410 e. The highest BCUT2D eigenvalue weighted by Gasteiger charge is 2.22. The van der Waals surface area contributed by atoms with Gasteiger partial charge in [0, 0.05) is 13.1 Å². The fraction of sp³-hybridized carbons (Fsp3) is 0.615. The monoisotopic (exact) mass is 339 g/mol. The van der Waals surface area contributed by atoms with Crippen molar-refractivity contribution >= 4 is 40.6 Å². The predicted molar refractivity (Wildman–Crippen MR) is 82.9 cm³/mol. The van der Waals surface area contributed by atoms with Gasteiger partial charge in [0.05, 0.1) is 15.3 Å². The number of aliphatic hydroxyl groups is 1. The highest BCUT2D eigenvalue weighted by molar-refractivity contribution is 7.20. The van der Waals surface area contributed by atoms with Crippen LogP contribution in [0.3, 0.4) is 0 Å². The Kier molecular flexibility index (Phi) is 6.58. The van der Waals surface area contributed by atoms with Gasteiger partial charge in [-0.2, -0.15) is 0 Å². The van der Waals surface area contributed by atoms with Crippen LogP contribution in [0, 0.1) is 0 Å².